The van der Waals surface area contributed by atoms with E-state index in [9.17, 15) is 9.90 Å². The Bertz CT molecular complexity index is 1160. The van der Waals surface area contributed by atoms with Gasteiger partial charge in [-0.2, -0.15) is 5.10 Å². The van der Waals surface area contributed by atoms with Gasteiger partial charge in [0.05, 0.1) is 0 Å². The van der Waals surface area contributed by atoms with Crippen LogP contribution in [0.4, 0.5) is 5.69 Å². The predicted molar refractivity (Wildman–Crippen MR) is 120 cm³/mol. The van der Waals surface area contributed by atoms with Crippen molar-refractivity contribution in [1.82, 2.24) is 15.3 Å². The lowest BCUT2D eigenvalue weighted by atomic mass is 9.94. The molecule has 2 aromatic carbocycles. The van der Waals surface area contributed by atoms with E-state index in [0.29, 0.717) is 11.8 Å². The van der Waals surface area contributed by atoms with Crippen LogP contribution in [0.5, 0.6) is 0 Å². The Hall–Kier alpha value is -3.32. The highest BCUT2D eigenvalue weighted by Gasteiger charge is 2.40. The Morgan fingerprint density at radius 1 is 1.06 bits per heavy atom. The van der Waals surface area contributed by atoms with Crippen LogP contribution in [0.2, 0.25) is 0 Å². The van der Waals surface area contributed by atoms with E-state index in [1.54, 1.807) is 0 Å². The molecule has 2 aliphatic heterocycles. The first-order chi connectivity index (χ1) is 15.2. The average Bonchev–Trinajstić information content (AvgIpc) is 3.40. The third-order valence-corrected chi connectivity index (χ3v) is 6.53. The van der Waals surface area contributed by atoms with Crippen LogP contribution in [0.1, 0.15) is 19.3 Å². The Morgan fingerprint density at radius 3 is 2.61 bits per heavy atom. The topological polar surface area (TPSA) is 84.0 Å². The van der Waals surface area contributed by atoms with E-state index in [1.807, 2.05) is 28.1 Å². The van der Waals surface area contributed by atoms with Gasteiger partial charge in [-0.1, -0.05) is 24.3 Å². The average molecular weight is 415 g/mol. The molecule has 31 heavy (non-hydrogen) atoms. The van der Waals surface area contributed by atoms with Crippen molar-refractivity contribution >= 4 is 28.3 Å². The van der Waals surface area contributed by atoms with Gasteiger partial charge in [-0.15, -0.1) is 0 Å². The second-order valence-corrected chi connectivity index (χ2v) is 8.82. The van der Waals surface area contributed by atoms with Crippen LogP contribution in [0, 0.1) is 11.8 Å². The zero-order valence-corrected chi connectivity index (χ0v) is 17.2. The number of aliphatic hydroxyl groups is 1. The lowest BCUT2D eigenvalue weighted by Crippen LogP contribution is -2.52. The molecule has 1 saturated carbocycles. The number of amides is 1. The van der Waals surface area contributed by atoms with Crippen LogP contribution in [-0.2, 0) is 4.79 Å². The summed E-state index contributed by atoms with van der Waals surface area (Å²) in [5, 5.41) is 16.0. The van der Waals surface area contributed by atoms with Crippen molar-refractivity contribution in [3.8, 4) is 11.1 Å². The number of benzene rings is 2. The summed E-state index contributed by atoms with van der Waals surface area (Å²) in [6, 6.07) is 16.6. The molecule has 3 heterocycles. The highest BCUT2D eigenvalue weighted by molar-refractivity contribution is 5.99. The molecular formula is C24H25N5O2. The molecule has 1 unspecified atom stereocenters. The zero-order chi connectivity index (χ0) is 20.9. The molecular weight excluding hydrogens is 390 g/mol. The second-order valence-electron chi connectivity index (χ2n) is 8.82. The monoisotopic (exact) mass is 415 g/mol. The third kappa shape index (κ3) is 3.35. The van der Waals surface area contributed by atoms with Gasteiger partial charge in [-0.25, -0.2) is 0 Å². The summed E-state index contributed by atoms with van der Waals surface area (Å²) in [6.45, 7) is 1.58. The number of likely N-dealkylation sites (tertiary alicyclic amines) is 1. The molecule has 1 atom stereocenters. The number of rotatable bonds is 5. The first kappa shape index (κ1) is 18.4. The fourth-order valence-corrected chi connectivity index (χ4v) is 4.59. The van der Waals surface area contributed by atoms with Gasteiger partial charge in [0.2, 0.25) is 12.3 Å². The zero-order valence-electron chi connectivity index (χ0n) is 17.2. The van der Waals surface area contributed by atoms with Crippen LogP contribution in [0.25, 0.3) is 22.0 Å². The second kappa shape index (κ2) is 7.13. The maximum atomic E-state index is 12.1. The van der Waals surface area contributed by atoms with Gasteiger partial charge in [0, 0.05) is 48.7 Å². The number of aliphatic hydroxyl groups excluding tert-OH is 1. The normalized spacial score (nSPS) is 21.2. The molecule has 3 aromatic rings. The summed E-state index contributed by atoms with van der Waals surface area (Å²) in [5.41, 5.74) is 7.06. The first-order valence-corrected chi connectivity index (χ1v) is 10.9. The Kier molecular flexibility index (Phi) is 4.24. The number of nitrogens with one attached hydrogen (secondary N) is 2. The van der Waals surface area contributed by atoms with Gasteiger partial charge in [0.25, 0.3) is 0 Å². The fourth-order valence-electron chi connectivity index (χ4n) is 4.59. The molecule has 7 heteroatoms. The van der Waals surface area contributed by atoms with Crippen LogP contribution >= 0.6 is 0 Å². The number of hydrogen-bond acceptors (Lipinski definition) is 5. The van der Waals surface area contributed by atoms with Crippen LogP contribution < -0.4 is 10.3 Å². The Labute approximate surface area is 180 Å². The molecule has 0 spiro atoms. The molecule has 1 aliphatic carbocycles. The number of carbonyl (C=O) groups excluding carboxylic acids is 1. The molecule has 3 N–H and O–H groups in total. The van der Waals surface area contributed by atoms with Crippen molar-refractivity contribution in [3.05, 3.63) is 54.7 Å². The Balaban J connectivity index is 1.15. The lowest BCUT2D eigenvalue weighted by molar-refractivity contribution is -0.138. The summed E-state index contributed by atoms with van der Waals surface area (Å²) in [7, 11) is 0. The summed E-state index contributed by atoms with van der Waals surface area (Å²) < 4.78 is 0. The minimum Gasteiger partial charge on any atom is -0.361 e. The number of anilines is 1. The van der Waals surface area contributed by atoms with Gasteiger partial charge in [0.15, 0.2) is 0 Å². The highest BCUT2D eigenvalue weighted by atomic mass is 16.3. The van der Waals surface area contributed by atoms with Gasteiger partial charge < -0.3 is 15.0 Å². The van der Waals surface area contributed by atoms with E-state index in [0.717, 1.165) is 60.5 Å². The first-order valence-electron chi connectivity index (χ1n) is 10.9. The van der Waals surface area contributed by atoms with E-state index in [2.05, 4.69) is 51.9 Å². The highest BCUT2D eigenvalue weighted by Crippen LogP contribution is 2.35. The van der Waals surface area contributed by atoms with E-state index in [-0.39, 0.29) is 5.92 Å². The number of hydrazone groups is 1. The molecule has 1 saturated heterocycles. The number of nitrogens with zero attached hydrogens (tertiary/aromatic N) is 3. The largest absolute Gasteiger partial charge is 0.361 e. The van der Waals surface area contributed by atoms with Gasteiger partial charge in [-0.05, 0) is 53.6 Å². The van der Waals surface area contributed by atoms with E-state index >= 15 is 0 Å². The molecule has 1 aromatic heterocycles. The van der Waals surface area contributed by atoms with E-state index < -0.39 is 6.35 Å². The van der Waals surface area contributed by atoms with E-state index in [1.165, 1.54) is 5.39 Å². The summed E-state index contributed by atoms with van der Waals surface area (Å²) >= 11 is 0. The number of aromatic nitrogens is 1. The number of amidine groups is 1. The van der Waals surface area contributed by atoms with Crippen molar-refractivity contribution in [2.45, 2.75) is 25.6 Å². The summed E-state index contributed by atoms with van der Waals surface area (Å²) in [6.07, 6.45) is 3.91. The summed E-state index contributed by atoms with van der Waals surface area (Å²) in [4.78, 5) is 19.2. The smallest absolute Gasteiger partial charge is 0.225 e. The minimum absolute atomic E-state index is 0.279. The quantitative estimate of drug-likeness (QED) is 0.598. The Morgan fingerprint density at radius 2 is 1.84 bits per heavy atom. The SMILES string of the molecule is O=C(C1CC1)N1CC(CC2=NNC(O)N2c2ccc(-c3ccc4cc[nH]c4c3)cc2)C1. The van der Waals surface area contributed by atoms with E-state index in [4.69, 9.17) is 0 Å². The maximum absolute atomic E-state index is 12.1. The van der Waals surface area contributed by atoms with Gasteiger partial charge in [-0.3, -0.25) is 15.1 Å². The maximum Gasteiger partial charge on any atom is 0.225 e. The predicted octanol–water partition coefficient (Wildman–Crippen LogP) is 3.09. The number of carbonyl (C=O) groups is 1. The lowest BCUT2D eigenvalue weighted by Gasteiger charge is -2.40. The van der Waals surface area contributed by atoms with Crippen LogP contribution in [0.3, 0.4) is 0 Å². The van der Waals surface area contributed by atoms with Crippen molar-refractivity contribution in [3.63, 3.8) is 0 Å². The number of fused-ring (bicyclic) bond motifs is 1. The van der Waals surface area contributed by atoms with Crippen molar-refractivity contribution in [2.75, 3.05) is 18.0 Å². The molecule has 1 amide bonds. The molecule has 3 aliphatic rings. The molecule has 2 fully saturated rings. The van der Waals surface area contributed by atoms with Crippen LogP contribution in [-0.4, -0.2) is 46.2 Å². The number of hydrogen-bond donors (Lipinski definition) is 3. The molecule has 158 valence electrons. The number of H-pyrrole nitrogens is 1. The third-order valence-electron chi connectivity index (χ3n) is 6.53. The molecule has 0 bridgehead atoms. The van der Waals surface area contributed by atoms with Crippen LogP contribution in [0.15, 0.2) is 59.8 Å². The molecule has 6 rings (SSSR count). The number of aromatic amines is 1. The molecule has 7 nitrogen and oxygen atoms in total. The van der Waals surface area contributed by atoms with Crippen molar-refractivity contribution in [2.24, 2.45) is 16.9 Å². The van der Waals surface area contributed by atoms with Crippen molar-refractivity contribution < 1.29 is 9.90 Å². The fraction of sp³-hybridized carbons (Fsp3) is 0.333. The molecule has 0 radical (unpaired) electrons. The standard InChI is InChI=1S/C24H25N5O2/c30-23(18-2-3-18)28-13-15(14-28)11-22-26-27-24(31)29(22)20-7-5-16(6-8-20)19-4-1-17-9-10-25-21(17)12-19/h1,4-10,12,15,18,24-25,27,31H,2-3,11,13-14H2. The van der Waals surface area contributed by atoms with Gasteiger partial charge in [0.1, 0.15) is 5.84 Å². The minimum atomic E-state index is -0.875. The van der Waals surface area contributed by atoms with Gasteiger partial charge >= 0.3 is 0 Å². The summed E-state index contributed by atoms with van der Waals surface area (Å²) in [5.74, 6) is 1.80. The van der Waals surface area contributed by atoms with Crippen molar-refractivity contribution in [1.29, 1.82) is 0 Å².